The first kappa shape index (κ1) is 13.4. The zero-order valence-corrected chi connectivity index (χ0v) is 11.1. The number of hydrogen-bond acceptors (Lipinski definition) is 3. The second-order valence-corrected chi connectivity index (χ2v) is 4.53. The van der Waals surface area contributed by atoms with Crippen molar-refractivity contribution < 1.29 is 9.90 Å². The number of aromatic nitrogens is 2. The van der Waals surface area contributed by atoms with Gasteiger partial charge in [-0.05, 0) is 18.6 Å². The third-order valence-electron chi connectivity index (χ3n) is 3.06. The average Bonchev–Trinajstić information content (AvgIpc) is 2.76. The molecule has 2 N–H and O–H groups in total. The van der Waals surface area contributed by atoms with Gasteiger partial charge in [-0.3, -0.25) is 4.40 Å². The second kappa shape index (κ2) is 6.22. The standard InChI is InChI=1S/C14H19N3O2/c1-2-3-4-6-9-15-13-12(14(18)19)17-10-7-5-8-11(17)16-13/h5,7-8,10,15H,2-4,6,9H2,1H3,(H,18,19). The number of pyridine rings is 1. The van der Waals surface area contributed by atoms with E-state index in [1.165, 1.54) is 12.8 Å². The maximum absolute atomic E-state index is 11.3. The lowest BCUT2D eigenvalue weighted by Gasteiger charge is -2.04. The quantitative estimate of drug-likeness (QED) is 0.752. The average molecular weight is 261 g/mol. The van der Waals surface area contributed by atoms with Gasteiger partial charge in [0.15, 0.2) is 11.5 Å². The first-order valence-electron chi connectivity index (χ1n) is 6.68. The number of unbranched alkanes of at least 4 members (excludes halogenated alkanes) is 3. The van der Waals surface area contributed by atoms with Crippen LogP contribution < -0.4 is 5.32 Å². The highest BCUT2D eigenvalue weighted by Crippen LogP contribution is 2.17. The summed E-state index contributed by atoms with van der Waals surface area (Å²) in [5.74, 6) is -0.509. The molecule has 2 rings (SSSR count). The van der Waals surface area contributed by atoms with E-state index in [9.17, 15) is 9.90 Å². The van der Waals surface area contributed by atoms with Crippen LogP contribution in [0.4, 0.5) is 5.82 Å². The van der Waals surface area contributed by atoms with Crippen LogP contribution in [0, 0.1) is 0 Å². The number of carboxylic acids is 1. The number of imidazole rings is 1. The molecule has 0 saturated carbocycles. The minimum atomic E-state index is -0.963. The second-order valence-electron chi connectivity index (χ2n) is 4.53. The molecule has 0 aromatic carbocycles. The van der Waals surface area contributed by atoms with Gasteiger partial charge in [0.2, 0.25) is 0 Å². The summed E-state index contributed by atoms with van der Waals surface area (Å²) in [6, 6.07) is 5.44. The molecule has 2 aromatic rings. The number of hydrogen-bond donors (Lipinski definition) is 2. The molecule has 0 bridgehead atoms. The van der Waals surface area contributed by atoms with Gasteiger partial charge in [0.25, 0.3) is 0 Å². The third kappa shape index (κ3) is 3.05. The molecule has 0 unspecified atom stereocenters. The fraction of sp³-hybridized carbons (Fsp3) is 0.429. The van der Waals surface area contributed by atoms with Crippen molar-refractivity contribution in [3.63, 3.8) is 0 Å². The number of rotatable bonds is 7. The number of aromatic carboxylic acids is 1. The van der Waals surface area contributed by atoms with Crippen LogP contribution in [0.25, 0.3) is 5.65 Å². The summed E-state index contributed by atoms with van der Waals surface area (Å²) in [5.41, 5.74) is 0.849. The van der Waals surface area contributed by atoms with Crippen molar-refractivity contribution in [1.82, 2.24) is 9.38 Å². The van der Waals surface area contributed by atoms with Crippen LogP contribution in [0.2, 0.25) is 0 Å². The van der Waals surface area contributed by atoms with Crippen LogP contribution in [-0.2, 0) is 0 Å². The maximum atomic E-state index is 11.3. The molecule has 2 aromatic heterocycles. The largest absolute Gasteiger partial charge is 0.476 e. The van der Waals surface area contributed by atoms with Gasteiger partial charge in [0.1, 0.15) is 5.65 Å². The fourth-order valence-corrected chi connectivity index (χ4v) is 2.08. The molecule has 0 atom stereocenters. The van der Waals surface area contributed by atoms with Crippen molar-refractivity contribution in [3.8, 4) is 0 Å². The summed E-state index contributed by atoms with van der Waals surface area (Å²) in [4.78, 5) is 15.7. The summed E-state index contributed by atoms with van der Waals surface area (Å²) in [7, 11) is 0. The van der Waals surface area contributed by atoms with Crippen molar-refractivity contribution >= 4 is 17.4 Å². The van der Waals surface area contributed by atoms with E-state index >= 15 is 0 Å². The molecule has 5 heteroatoms. The number of anilines is 1. The van der Waals surface area contributed by atoms with Gasteiger partial charge in [0, 0.05) is 12.7 Å². The highest BCUT2D eigenvalue weighted by atomic mass is 16.4. The Morgan fingerprint density at radius 1 is 1.37 bits per heavy atom. The van der Waals surface area contributed by atoms with Gasteiger partial charge in [-0.15, -0.1) is 0 Å². The molecule has 2 heterocycles. The normalized spacial score (nSPS) is 10.8. The Hall–Kier alpha value is -2.04. The molecule has 0 saturated heterocycles. The van der Waals surface area contributed by atoms with E-state index in [1.54, 1.807) is 22.7 Å². The van der Waals surface area contributed by atoms with Crippen LogP contribution in [0.3, 0.4) is 0 Å². The minimum absolute atomic E-state index is 0.200. The fourth-order valence-electron chi connectivity index (χ4n) is 2.08. The van der Waals surface area contributed by atoms with Gasteiger partial charge in [0.05, 0.1) is 0 Å². The Kier molecular flexibility index (Phi) is 4.39. The lowest BCUT2D eigenvalue weighted by atomic mass is 10.2. The Balaban J connectivity index is 2.13. The van der Waals surface area contributed by atoms with Gasteiger partial charge < -0.3 is 10.4 Å². The van der Waals surface area contributed by atoms with E-state index < -0.39 is 5.97 Å². The number of carbonyl (C=O) groups is 1. The van der Waals surface area contributed by atoms with Crippen molar-refractivity contribution in [2.45, 2.75) is 32.6 Å². The lowest BCUT2D eigenvalue weighted by Crippen LogP contribution is -2.09. The molecule has 0 fully saturated rings. The van der Waals surface area contributed by atoms with Crippen LogP contribution in [0.15, 0.2) is 24.4 Å². The Bertz CT molecular complexity index is 563. The topological polar surface area (TPSA) is 66.6 Å². The summed E-state index contributed by atoms with van der Waals surface area (Å²) >= 11 is 0. The number of carboxylic acid groups (broad SMARTS) is 1. The molecule has 0 spiro atoms. The van der Waals surface area contributed by atoms with E-state index in [1.807, 2.05) is 6.07 Å². The monoisotopic (exact) mass is 261 g/mol. The number of nitrogens with one attached hydrogen (secondary N) is 1. The van der Waals surface area contributed by atoms with E-state index in [4.69, 9.17) is 0 Å². The van der Waals surface area contributed by atoms with E-state index in [-0.39, 0.29) is 5.69 Å². The minimum Gasteiger partial charge on any atom is -0.476 e. The van der Waals surface area contributed by atoms with Crippen molar-refractivity contribution in [1.29, 1.82) is 0 Å². The molecule has 0 aliphatic carbocycles. The summed E-state index contributed by atoms with van der Waals surface area (Å²) < 4.78 is 1.59. The molecule has 0 aliphatic heterocycles. The summed E-state index contributed by atoms with van der Waals surface area (Å²) in [6.45, 7) is 2.92. The lowest BCUT2D eigenvalue weighted by molar-refractivity contribution is 0.0690. The van der Waals surface area contributed by atoms with Crippen molar-refractivity contribution in [3.05, 3.63) is 30.1 Å². The number of fused-ring (bicyclic) bond motifs is 1. The van der Waals surface area contributed by atoms with Gasteiger partial charge in [-0.2, -0.15) is 0 Å². The smallest absolute Gasteiger partial charge is 0.356 e. The predicted octanol–water partition coefficient (Wildman–Crippen LogP) is 3.02. The highest BCUT2D eigenvalue weighted by Gasteiger charge is 2.17. The van der Waals surface area contributed by atoms with Crippen LogP contribution in [0.1, 0.15) is 43.1 Å². The highest BCUT2D eigenvalue weighted by molar-refractivity contribution is 5.92. The molecule has 0 aliphatic rings. The molecule has 19 heavy (non-hydrogen) atoms. The van der Waals surface area contributed by atoms with Crippen molar-refractivity contribution in [2.24, 2.45) is 0 Å². The zero-order chi connectivity index (χ0) is 13.7. The van der Waals surface area contributed by atoms with Gasteiger partial charge in [-0.1, -0.05) is 32.3 Å². The van der Waals surface area contributed by atoms with Gasteiger partial charge >= 0.3 is 5.97 Å². The third-order valence-corrected chi connectivity index (χ3v) is 3.06. The molecule has 0 amide bonds. The molecular formula is C14H19N3O2. The van der Waals surface area contributed by atoms with Crippen LogP contribution >= 0.6 is 0 Å². The Labute approximate surface area is 112 Å². The first-order valence-corrected chi connectivity index (χ1v) is 6.68. The molecule has 5 nitrogen and oxygen atoms in total. The number of nitrogens with zero attached hydrogens (tertiary/aromatic N) is 2. The van der Waals surface area contributed by atoms with E-state index in [0.717, 1.165) is 19.4 Å². The molecule has 0 radical (unpaired) electrons. The van der Waals surface area contributed by atoms with Crippen molar-refractivity contribution in [2.75, 3.05) is 11.9 Å². The maximum Gasteiger partial charge on any atom is 0.356 e. The zero-order valence-electron chi connectivity index (χ0n) is 11.1. The van der Waals surface area contributed by atoms with E-state index in [0.29, 0.717) is 11.5 Å². The van der Waals surface area contributed by atoms with Gasteiger partial charge in [-0.25, -0.2) is 9.78 Å². The predicted molar refractivity (Wildman–Crippen MR) is 74.8 cm³/mol. The van der Waals surface area contributed by atoms with E-state index in [2.05, 4.69) is 17.2 Å². The molecular weight excluding hydrogens is 242 g/mol. The summed E-state index contributed by atoms with van der Waals surface area (Å²) in [6.07, 6.45) is 6.29. The first-order chi connectivity index (χ1) is 9.24. The Morgan fingerprint density at radius 2 is 2.21 bits per heavy atom. The van der Waals surface area contributed by atoms with Crippen LogP contribution in [0.5, 0.6) is 0 Å². The Morgan fingerprint density at radius 3 is 2.95 bits per heavy atom. The summed E-state index contributed by atoms with van der Waals surface area (Å²) in [5, 5.41) is 12.4. The SMILES string of the molecule is CCCCCCNc1nc2ccccn2c1C(=O)O. The van der Waals surface area contributed by atoms with Crippen LogP contribution in [-0.4, -0.2) is 27.0 Å². The molecule has 102 valence electrons.